The van der Waals surface area contributed by atoms with Crippen molar-refractivity contribution in [3.63, 3.8) is 0 Å². The highest BCUT2D eigenvalue weighted by atomic mass is 32.2. The SMILES string of the molecule is Cc1c(C)c2c(c(C)c1O)CCC(C)(C(=O)N(CCNC(=O)C(NC(=O)C(CC(C)C)C(O)C(=O)NO)C(C)(C)C)CCOc1ccc(CC3SC(=O)NC3=O)cc1)O2. The maximum absolute atomic E-state index is 14.5. The van der Waals surface area contributed by atoms with Crippen molar-refractivity contribution in [2.24, 2.45) is 17.3 Å². The minimum atomic E-state index is -1.85. The number of hydrogen-bond donors (Lipinski definition) is 7. The lowest BCUT2D eigenvalue weighted by molar-refractivity contribution is -0.149. The molecule has 0 radical (unpaired) electrons. The number of carbonyl (C=O) groups excluding carboxylic acids is 6. The van der Waals surface area contributed by atoms with E-state index in [1.54, 1.807) is 63.8 Å². The van der Waals surface area contributed by atoms with Gasteiger partial charge in [0.1, 0.15) is 36.0 Å². The van der Waals surface area contributed by atoms with Gasteiger partial charge in [-0.05, 0) is 92.7 Å². The molecule has 7 N–H and O–H groups in total. The first-order chi connectivity index (χ1) is 27.6. The predicted molar refractivity (Wildman–Crippen MR) is 220 cm³/mol. The Kier molecular flexibility index (Phi) is 15.4. The number of amides is 6. The molecule has 4 rings (SSSR count). The van der Waals surface area contributed by atoms with E-state index in [0.29, 0.717) is 41.9 Å². The summed E-state index contributed by atoms with van der Waals surface area (Å²) in [6.45, 7) is 16.3. The predicted octanol–water partition coefficient (Wildman–Crippen LogP) is 3.38. The molecule has 6 amide bonds. The lowest BCUT2D eigenvalue weighted by atomic mass is 9.84. The molecule has 0 spiro atoms. The molecule has 59 heavy (non-hydrogen) atoms. The molecule has 0 aliphatic carbocycles. The Hall–Kier alpha value is -4.87. The van der Waals surface area contributed by atoms with Crippen molar-refractivity contribution < 1.29 is 53.7 Å². The molecule has 2 aliphatic heterocycles. The Morgan fingerprint density at radius 3 is 2.25 bits per heavy atom. The van der Waals surface area contributed by atoms with Crippen LogP contribution in [0.2, 0.25) is 0 Å². The third kappa shape index (κ3) is 11.5. The molecule has 2 heterocycles. The van der Waals surface area contributed by atoms with Crippen LogP contribution in [-0.2, 0) is 36.8 Å². The molecule has 2 aromatic rings. The van der Waals surface area contributed by atoms with Crippen LogP contribution in [0.3, 0.4) is 0 Å². The second-order valence-corrected chi connectivity index (χ2v) is 18.2. The van der Waals surface area contributed by atoms with Crippen molar-refractivity contribution in [1.29, 1.82) is 0 Å². The average Bonchev–Trinajstić information content (AvgIpc) is 3.50. The summed E-state index contributed by atoms with van der Waals surface area (Å²) in [7, 11) is 0. The molecule has 1 fully saturated rings. The van der Waals surface area contributed by atoms with E-state index in [2.05, 4.69) is 16.0 Å². The summed E-state index contributed by atoms with van der Waals surface area (Å²) in [5, 5.41) is 37.3. The van der Waals surface area contributed by atoms with E-state index in [9.17, 15) is 39.0 Å². The number of nitrogens with one attached hydrogen (secondary N) is 4. The molecule has 17 heteroatoms. The van der Waals surface area contributed by atoms with E-state index in [1.165, 1.54) is 5.48 Å². The zero-order valence-electron chi connectivity index (χ0n) is 35.3. The first kappa shape index (κ1) is 46.8. The fraction of sp³-hybridized carbons (Fsp3) is 0.571. The number of aromatic hydroxyl groups is 1. The maximum Gasteiger partial charge on any atom is 0.286 e. The fourth-order valence-electron chi connectivity index (χ4n) is 7.26. The van der Waals surface area contributed by atoms with Gasteiger partial charge in [-0.1, -0.05) is 58.5 Å². The van der Waals surface area contributed by atoms with Gasteiger partial charge in [-0.2, -0.15) is 0 Å². The van der Waals surface area contributed by atoms with Crippen molar-refractivity contribution in [1.82, 2.24) is 26.3 Å². The number of hydroxylamine groups is 1. The molecule has 16 nitrogen and oxygen atoms in total. The first-order valence-corrected chi connectivity index (χ1v) is 20.7. The molecular weight excluding hydrogens is 783 g/mol. The van der Waals surface area contributed by atoms with Gasteiger partial charge >= 0.3 is 0 Å². The van der Waals surface area contributed by atoms with Gasteiger partial charge in [-0.3, -0.25) is 39.3 Å². The number of hydrogen-bond acceptors (Lipinski definition) is 12. The zero-order valence-corrected chi connectivity index (χ0v) is 36.1. The Morgan fingerprint density at radius 2 is 1.68 bits per heavy atom. The van der Waals surface area contributed by atoms with Crippen LogP contribution in [-0.4, -0.2) is 104 Å². The number of imide groups is 1. The topological polar surface area (TPSA) is 233 Å². The minimum Gasteiger partial charge on any atom is -0.507 e. The molecule has 1 saturated heterocycles. The number of phenolic OH excluding ortho intramolecular Hbond substituents is 1. The van der Waals surface area contributed by atoms with Crippen LogP contribution in [0.4, 0.5) is 4.79 Å². The normalized spacial score (nSPS) is 19.2. The number of ether oxygens (including phenoxy) is 2. The molecule has 0 bridgehead atoms. The molecule has 2 aliphatic rings. The van der Waals surface area contributed by atoms with Gasteiger partial charge in [-0.15, -0.1) is 0 Å². The first-order valence-electron chi connectivity index (χ1n) is 19.8. The van der Waals surface area contributed by atoms with E-state index >= 15 is 0 Å². The van der Waals surface area contributed by atoms with Crippen LogP contribution in [0, 0.1) is 38.0 Å². The fourth-order valence-corrected chi connectivity index (χ4v) is 8.12. The van der Waals surface area contributed by atoms with E-state index in [4.69, 9.17) is 14.7 Å². The number of thioether (sulfide) groups is 1. The highest BCUT2D eigenvalue weighted by Gasteiger charge is 2.44. The van der Waals surface area contributed by atoms with Crippen molar-refractivity contribution in [2.75, 3.05) is 26.2 Å². The molecule has 324 valence electrons. The highest BCUT2D eigenvalue weighted by molar-refractivity contribution is 8.15. The van der Waals surface area contributed by atoms with E-state index in [-0.39, 0.29) is 61.4 Å². The summed E-state index contributed by atoms with van der Waals surface area (Å²) in [5.74, 6) is -3.16. The molecular formula is C42H59N5O11S. The summed E-state index contributed by atoms with van der Waals surface area (Å²) < 4.78 is 12.5. The maximum atomic E-state index is 14.5. The summed E-state index contributed by atoms with van der Waals surface area (Å²) in [4.78, 5) is 78.9. The Labute approximate surface area is 349 Å². The standard InChI is InChI=1S/C42H59N5O11S/c1-22(2)20-29(32(49)37(52)46-56)35(50)44-34(41(6,7)8)38(53)43-16-17-47(18-19-57-27-12-10-26(11-13-27)21-30-36(51)45-40(55)59-30)39(54)42(9)15-14-28-25(5)31(48)23(3)24(4)33(28)58-42/h10-13,22,29-30,32,34,48-49,56H,14-21H2,1-9H3,(H,43,53)(H,44,50)(H,46,52)(H,45,51,55). The van der Waals surface area contributed by atoms with Gasteiger partial charge in [0.05, 0.1) is 17.7 Å². The molecule has 2 aromatic carbocycles. The van der Waals surface area contributed by atoms with Gasteiger partial charge in [0.2, 0.25) is 17.7 Å². The third-order valence-corrected chi connectivity index (χ3v) is 11.9. The Morgan fingerprint density at radius 1 is 1.02 bits per heavy atom. The monoisotopic (exact) mass is 841 g/mol. The zero-order chi connectivity index (χ0) is 44.0. The van der Waals surface area contributed by atoms with Crippen molar-refractivity contribution in [3.05, 3.63) is 52.1 Å². The van der Waals surface area contributed by atoms with E-state index < -0.39 is 52.1 Å². The molecule has 0 saturated carbocycles. The number of aliphatic hydroxyl groups is 1. The van der Waals surface area contributed by atoms with Crippen LogP contribution >= 0.6 is 11.8 Å². The van der Waals surface area contributed by atoms with Gasteiger partial charge in [0.25, 0.3) is 17.1 Å². The number of phenols is 1. The number of carbonyl (C=O) groups is 6. The van der Waals surface area contributed by atoms with Crippen molar-refractivity contribution in [3.8, 4) is 17.2 Å². The van der Waals surface area contributed by atoms with Crippen LogP contribution in [0.1, 0.15) is 82.2 Å². The van der Waals surface area contributed by atoms with Crippen LogP contribution in [0.15, 0.2) is 24.3 Å². The second kappa shape index (κ2) is 19.5. The number of nitrogens with zero attached hydrogens (tertiary/aromatic N) is 1. The van der Waals surface area contributed by atoms with Crippen LogP contribution in [0.5, 0.6) is 17.2 Å². The van der Waals surface area contributed by atoms with Gasteiger partial charge < -0.3 is 35.2 Å². The van der Waals surface area contributed by atoms with Gasteiger partial charge in [-0.25, -0.2) is 5.48 Å². The van der Waals surface area contributed by atoms with Crippen LogP contribution < -0.4 is 30.9 Å². The van der Waals surface area contributed by atoms with E-state index in [0.717, 1.165) is 28.5 Å². The smallest absolute Gasteiger partial charge is 0.286 e. The Balaban J connectivity index is 1.50. The van der Waals surface area contributed by atoms with Crippen LogP contribution in [0.25, 0.3) is 0 Å². The quantitative estimate of drug-likeness (QED) is 0.0898. The summed E-state index contributed by atoms with van der Waals surface area (Å²) in [5.41, 5.74) is 3.07. The summed E-state index contributed by atoms with van der Waals surface area (Å²) in [6.07, 6.45) is -0.564. The largest absolute Gasteiger partial charge is 0.507 e. The van der Waals surface area contributed by atoms with Gasteiger partial charge in [0, 0.05) is 25.1 Å². The number of fused-ring (bicyclic) bond motifs is 1. The van der Waals surface area contributed by atoms with Crippen molar-refractivity contribution >= 4 is 46.5 Å². The summed E-state index contributed by atoms with van der Waals surface area (Å²) >= 11 is 0.957. The third-order valence-electron chi connectivity index (χ3n) is 10.9. The lowest BCUT2D eigenvalue weighted by Crippen LogP contribution is -2.58. The minimum absolute atomic E-state index is 0.0142. The average molecular weight is 842 g/mol. The molecule has 0 aromatic heterocycles. The summed E-state index contributed by atoms with van der Waals surface area (Å²) in [6, 6.07) is 6.00. The highest BCUT2D eigenvalue weighted by Crippen LogP contribution is 2.43. The van der Waals surface area contributed by atoms with Crippen molar-refractivity contribution in [2.45, 2.75) is 111 Å². The lowest BCUT2D eigenvalue weighted by Gasteiger charge is -2.40. The molecule has 5 unspecified atom stereocenters. The number of rotatable bonds is 17. The van der Waals surface area contributed by atoms with E-state index in [1.807, 2.05) is 27.7 Å². The Bertz CT molecular complexity index is 1920. The number of aliphatic hydroxyl groups excluding tert-OH is 1. The number of benzene rings is 2. The molecule has 5 atom stereocenters. The second-order valence-electron chi connectivity index (χ2n) is 17.0. The van der Waals surface area contributed by atoms with Gasteiger partial charge in [0.15, 0.2) is 5.60 Å².